The van der Waals surface area contributed by atoms with Gasteiger partial charge in [-0.15, -0.1) is 0 Å². The third-order valence-electron chi connectivity index (χ3n) is 2.48. The highest BCUT2D eigenvalue weighted by Gasteiger charge is 2.18. The lowest BCUT2D eigenvalue weighted by Gasteiger charge is -2.11. The van der Waals surface area contributed by atoms with E-state index in [1.807, 2.05) is 49.3 Å². The minimum Gasteiger partial charge on any atom is -0.711 e. The van der Waals surface area contributed by atoms with E-state index in [4.69, 9.17) is 0 Å². The first-order valence-electron chi connectivity index (χ1n) is 5.60. The number of benzene rings is 1. The summed E-state index contributed by atoms with van der Waals surface area (Å²) in [5.74, 6) is 0.246. The predicted octanol–water partition coefficient (Wildman–Crippen LogP) is 1.15. The summed E-state index contributed by atoms with van der Waals surface area (Å²) in [6.07, 6.45) is 1.15. The SMILES string of the molecule is CN(C)Cc1nc(-c2ccccc2)c(O)c[n+]1[O-]. The zero-order chi connectivity index (χ0) is 13.1. The maximum atomic E-state index is 11.6. The van der Waals surface area contributed by atoms with Gasteiger partial charge in [-0.2, -0.15) is 0 Å². The average Bonchev–Trinajstić information content (AvgIpc) is 2.33. The first-order valence-corrected chi connectivity index (χ1v) is 5.60. The third kappa shape index (κ3) is 2.57. The van der Waals surface area contributed by atoms with Crippen LogP contribution in [0.5, 0.6) is 5.75 Å². The molecule has 0 saturated carbocycles. The second-order valence-electron chi connectivity index (χ2n) is 4.32. The number of nitrogens with zero attached hydrogens (tertiary/aromatic N) is 3. The van der Waals surface area contributed by atoms with E-state index < -0.39 is 0 Å². The molecule has 0 saturated heterocycles. The molecule has 2 aromatic rings. The van der Waals surface area contributed by atoms with Crippen molar-refractivity contribution in [2.45, 2.75) is 6.54 Å². The largest absolute Gasteiger partial charge is 0.711 e. The van der Waals surface area contributed by atoms with Crippen LogP contribution in [-0.2, 0) is 6.54 Å². The van der Waals surface area contributed by atoms with Crippen LogP contribution in [0, 0.1) is 5.21 Å². The molecule has 5 heteroatoms. The summed E-state index contributed by atoms with van der Waals surface area (Å²) >= 11 is 0. The van der Waals surface area contributed by atoms with Crippen molar-refractivity contribution in [1.82, 2.24) is 9.88 Å². The van der Waals surface area contributed by atoms with E-state index in [-0.39, 0.29) is 5.75 Å². The van der Waals surface area contributed by atoms with Crippen LogP contribution in [0.2, 0.25) is 0 Å². The lowest BCUT2D eigenvalue weighted by Crippen LogP contribution is -2.35. The molecular weight excluding hydrogens is 230 g/mol. The molecule has 0 aliphatic heterocycles. The molecule has 1 N–H and O–H groups in total. The smallest absolute Gasteiger partial charge is 0.316 e. The van der Waals surface area contributed by atoms with Gasteiger partial charge in [-0.25, -0.2) is 4.73 Å². The van der Waals surface area contributed by atoms with E-state index in [2.05, 4.69) is 4.98 Å². The third-order valence-corrected chi connectivity index (χ3v) is 2.48. The van der Waals surface area contributed by atoms with Gasteiger partial charge in [0.2, 0.25) is 11.4 Å². The Morgan fingerprint density at radius 3 is 2.56 bits per heavy atom. The van der Waals surface area contributed by atoms with Crippen molar-refractivity contribution in [2.75, 3.05) is 14.1 Å². The van der Waals surface area contributed by atoms with Gasteiger partial charge in [-0.1, -0.05) is 30.3 Å². The van der Waals surface area contributed by atoms with Gasteiger partial charge in [0.05, 0.1) is 0 Å². The molecule has 0 unspecified atom stereocenters. The molecule has 1 aromatic heterocycles. The summed E-state index contributed by atoms with van der Waals surface area (Å²) in [5, 5.41) is 21.4. The van der Waals surface area contributed by atoms with Crippen LogP contribution in [0.15, 0.2) is 36.5 Å². The van der Waals surface area contributed by atoms with Crippen LogP contribution >= 0.6 is 0 Å². The second-order valence-corrected chi connectivity index (χ2v) is 4.32. The molecule has 94 valence electrons. The van der Waals surface area contributed by atoms with Crippen molar-refractivity contribution in [3.8, 4) is 17.0 Å². The predicted molar refractivity (Wildman–Crippen MR) is 67.7 cm³/mol. The maximum Gasteiger partial charge on any atom is 0.316 e. The molecule has 0 amide bonds. The fraction of sp³-hybridized carbons (Fsp3) is 0.231. The quantitative estimate of drug-likeness (QED) is 0.651. The van der Waals surface area contributed by atoms with Crippen LogP contribution in [0.1, 0.15) is 5.82 Å². The van der Waals surface area contributed by atoms with Gasteiger partial charge in [0, 0.05) is 5.56 Å². The lowest BCUT2D eigenvalue weighted by atomic mass is 10.1. The van der Waals surface area contributed by atoms with Crippen molar-refractivity contribution in [3.63, 3.8) is 0 Å². The Hall–Kier alpha value is -2.14. The van der Waals surface area contributed by atoms with Gasteiger partial charge in [0.15, 0.2) is 0 Å². The molecule has 0 aliphatic carbocycles. The summed E-state index contributed by atoms with van der Waals surface area (Å²) < 4.78 is 0.599. The van der Waals surface area contributed by atoms with E-state index in [1.165, 1.54) is 0 Å². The van der Waals surface area contributed by atoms with Gasteiger partial charge in [-0.05, 0) is 19.1 Å². The Labute approximate surface area is 106 Å². The average molecular weight is 245 g/mol. The van der Waals surface area contributed by atoms with E-state index in [0.29, 0.717) is 22.8 Å². The highest BCUT2D eigenvalue weighted by atomic mass is 16.5. The molecule has 0 bridgehead atoms. The fourth-order valence-corrected chi connectivity index (χ4v) is 1.68. The van der Waals surface area contributed by atoms with Crippen LogP contribution in [0.3, 0.4) is 0 Å². The van der Waals surface area contributed by atoms with Crippen LogP contribution in [0.4, 0.5) is 0 Å². The zero-order valence-corrected chi connectivity index (χ0v) is 10.4. The molecule has 5 nitrogen and oxygen atoms in total. The molecular formula is C13H15N3O2. The number of hydrogen-bond acceptors (Lipinski definition) is 4. The molecule has 1 aromatic carbocycles. The lowest BCUT2D eigenvalue weighted by molar-refractivity contribution is -0.619. The Kier molecular flexibility index (Phi) is 3.43. The molecule has 2 rings (SSSR count). The summed E-state index contributed by atoms with van der Waals surface area (Å²) in [4.78, 5) is 6.09. The highest BCUT2D eigenvalue weighted by molar-refractivity contribution is 5.64. The van der Waals surface area contributed by atoms with Crippen molar-refractivity contribution in [1.29, 1.82) is 0 Å². The van der Waals surface area contributed by atoms with E-state index in [1.54, 1.807) is 0 Å². The number of hydrogen-bond donors (Lipinski definition) is 1. The molecule has 0 spiro atoms. The standard InChI is InChI=1S/C13H15N3O2/c1-15(2)9-12-14-13(11(17)8-16(12)18)10-6-4-3-5-7-10/h3-8,17H,9H2,1-2H3. The zero-order valence-electron chi connectivity index (χ0n) is 10.4. The number of aromatic nitrogens is 2. The number of rotatable bonds is 3. The minimum absolute atomic E-state index is 0.112. The second kappa shape index (κ2) is 5.01. The molecule has 0 radical (unpaired) electrons. The van der Waals surface area contributed by atoms with Crippen LogP contribution in [0.25, 0.3) is 11.3 Å². The van der Waals surface area contributed by atoms with Crippen molar-refractivity contribution >= 4 is 0 Å². The molecule has 18 heavy (non-hydrogen) atoms. The molecule has 0 atom stereocenters. The van der Waals surface area contributed by atoms with Crippen LogP contribution in [-0.4, -0.2) is 29.1 Å². The minimum atomic E-state index is -0.112. The van der Waals surface area contributed by atoms with Crippen LogP contribution < -0.4 is 4.73 Å². The van der Waals surface area contributed by atoms with Gasteiger partial charge in [0.25, 0.3) is 0 Å². The summed E-state index contributed by atoms with van der Waals surface area (Å²) in [6, 6.07) is 9.30. The topological polar surface area (TPSA) is 63.3 Å². The molecule has 0 aliphatic rings. The van der Waals surface area contributed by atoms with Gasteiger partial charge < -0.3 is 10.3 Å². The van der Waals surface area contributed by atoms with Gasteiger partial charge in [0.1, 0.15) is 12.7 Å². The normalized spacial score (nSPS) is 10.8. The molecule has 0 fully saturated rings. The Balaban J connectivity index is 2.48. The first kappa shape index (κ1) is 12.3. The fourth-order valence-electron chi connectivity index (χ4n) is 1.68. The Morgan fingerprint density at radius 2 is 1.94 bits per heavy atom. The summed E-state index contributed by atoms with van der Waals surface area (Å²) in [5.41, 5.74) is 1.22. The van der Waals surface area contributed by atoms with Gasteiger partial charge in [-0.3, -0.25) is 4.90 Å². The van der Waals surface area contributed by atoms with E-state index >= 15 is 0 Å². The van der Waals surface area contributed by atoms with Crippen molar-refractivity contribution < 1.29 is 9.84 Å². The van der Waals surface area contributed by atoms with E-state index in [9.17, 15) is 10.3 Å². The summed E-state index contributed by atoms with van der Waals surface area (Å²) in [6.45, 7) is 0.420. The van der Waals surface area contributed by atoms with E-state index in [0.717, 1.165) is 11.8 Å². The summed E-state index contributed by atoms with van der Waals surface area (Å²) in [7, 11) is 3.72. The molecule has 1 heterocycles. The number of aromatic hydroxyl groups is 1. The van der Waals surface area contributed by atoms with Crippen molar-refractivity contribution in [3.05, 3.63) is 47.6 Å². The maximum absolute atomic E-state index is 11.6. The highest BCUT2D eigenvalue weighted by Crippen LogP contribution is 2.25. The van der Waals surface area contributed by atoms with Gasteiger partial charge >= 0.3 is 5.82 Å². The Morgan fingerprint density at radius 1 is 1.28 bits per heavy atom. The first-order chi connectivity index (χ1) is 8.58. The van der Waals surface area contributed by atoms with Crippen molar-refractivity contribution in [2.24, 2.45) is 0 Å². The Bertz CT molecular complexity index is 541. The monoisotopic (exact) mass is 245 g/mol.